The summed E-state index contributed by atoms with van der Waals surface area (Å²) in [4.78, 5) is 17.4. The first kappa shape index (κ1) is 13.4. The Labute approximate surface area is 112 Å². The van der Waals surface area contributed by atoms with E-state index in [2.05, 4.69) is 9.97 Å². The molecule has 0 bridgehead atoms. The molecular weight excluding hydrogens is 267 g/mol. The van der Waals surface area contributed by atoms with Gasteiger partial charge in [0.1, 0.15) is 11.8 Å². The highest BCUT2D eigenvalue weighted by Gasteiger charge is 2.13. The van der Waals surface area contributed by atoms with E-state index >= 15 is 0 Å². The minimum atomic E-state index is -0.914. The van der Waals surface area contributed by atoms with Crippen LogP contribution in [0.2, 0.25) is 0 Å². The lowest BCUT2D eigenvalue weighted by Gasteiger charge is -2.05. The first-order valence-electron chi connectivity index (χ1n) is 5.37. The van der Waals surface area contributed by atoms with Crippen LogP contribution in [0.3, 0.4) is 0 Å². The first-order valence-corrected chi connectivity index (χ1v) is 5.37. The Kier molecular flexibility index (Phi) is 3.52. The van der Waals surface area contributed by atoms with Crippen LogP contribution in [-0.4, -0.2) is 14.9 Å². The van der Waals surface area contributed by atoms with Gasteiger partial charge in [-0.2, -0.15) is 10.2 Å². The molecule has 2 aromatic rings. The lowest BCUT2D eigenvalue weighted by atomic mass is 10.3. The fourth-order valence-electron chi connectivity index (χ4n) is 1.43. The Balaban J connectivity index is 2.33. The van der Waals surface area contributed by atoms with Crippen molar-refractivity contribution in [2.24, 2.45) is 0 Å². The Bertz CT molecular complexity index is 727. The highest BCUT2D eigenvalue weighted by Crippen LogP contribution is 2.25. The summed E-state index contributed by atoms with van der Waals surface area (Å²) in [7, 11) is 0. The van der Waals surface area contributed by atoms with Crippen LogP contribution in [0.15, 0.2) is 24.3 Å². The van der Waals surface area contributed by atoms with Gasteiger partial charge in [-0.1, -0.05) is 0 Å². The molecule has 0 radical (unpaired) electrons. The number of aryl methyl sites for hydroxylation is 1. The lowest BCUT2D eigenvalue weighted by Crippen LogP contribution is -1.98. The van der Waals surface area contributed by atoms with E-state index in [0.29, 0.717) is 5.69 Å². The number of hydrogen-bond acceptors (Lipinski definition) is 6. The molecule has 0 N–H and O–H groups in total. The van der Waals surface area contributed by atoms with Crippen molar-refractivity contribution in [3.05, 3.63) is 51.6 Å². The number of ether oxygens (including phenoxy) is 1. The fourth-order valence-corrected chi connectivity index (χ4v) is 1.43. The average molecular weight is 274 g/mol. The normalized spacial score (nSPS) is 9.85. The number of halogens is 1. The van der Waals surface area contributed by atoms with Crippen molar-refractivity contribution in [2.45, 2.75) is 6.92 Å². The zero-order valence-corrected chi connectivity index (χ0v) is 10.2. The molecule has 0 saturated carbocycles. The zero-order chi connectivity index (χ0) is 14.7. The molecule has 2 rings (SSSR count). The molecule has 1 heterocycles. The molecule has 0 aliphatic rings. The largest absolute Gasteiger partial charge is 0.421 e. The third-order valence-corrected chi connectivity index (χ3v) is 2.28. The van der Waals surface area contributed by atoms with Crippen LogP contribution in [0.1, 0.15) is 11.4 Å². The number of aromatic nitrogens is 2. The van der Waals surface area contributed by atoms with Gasteiger partial charge in [0.05, 0.1) is 11.0 Å². The predicted octanol–water partition coefficient (Wildman–Crippen LogP) is 2.50. The van der Waals surface area contributed by atoms with Crippen LogP contribution >= 0.6 is 0 Å². The maximum atomic E-state index is 13.6. The van der Waals surface area contributed by atoms with Crippen LogP contribution in [0.5, 0.6) is 11.8 Å². The lowest BCUT2D eigenvalue weighted by molar-refractivity contribution is -0.385. The van der Waals surface area contributed by atoms with Crippen LogP contribution in [0, 0.1) is 34.2 Å². The van der Waals surface area contributed by atoms with E-state index in [1.54, 1.807) is 6.92 Å². The minimum Gasteiger partial charge on any atom is -0.421 e. The summed E-state index contributed by atoms with van der Waals surface area (Å²) in [5, 5.41) is 19.2. The van der Waals surface area contributed by atoms with E-state index in [1.165, 1.54) is 6.07 Å². The Morgan fingerprint density at radius 2 is 2.15 bits per heavy atom. The number of nitriles is 1. The van der Waals surface area contributed by atoms with E-state index in [-0.39, 0.29) is 17.5 Å². The zero-order valence-electron chi connectivity index (χ0n) is 10.2. The van der Waals surface area contributed by atoms with Gasteiger partial charge in [0.15, 0.2) is 11.6 Å². The number of non-ortho nitro benzene ring substituents is 1. The second-order valence-electron chi connectivity index (χ2n) is 3.76. The van der Waals surface area contributed by atoms with Crippen molar-refractivity contribution in [3.63, 3.8) is 0 Å². The number of nitrogens with zero attached hydrogens (tertiary/aromatic N) is 4. The Hall–Kier alpha value is -3.08. The van der Waals surface area contributed by atoms with Crippen LogP contribution in [0.25, 0.3) is 0 Å². The summed E-state index contributed by atoms with van der Waals surface area (Å²) in [6, 6.07) is 5.99. The standard InChI is InChI=1S/C12H7FN4O3/c1-7-4-8(6-14)16-12(15-7)20-11-3-2-9(17(18)19)5-10(11)13/h2-5H,1H3. The molecular formula is C12H7FN4O3. The molecule has 0 aliphatic carbocycles. The molecule has 0 aliphatic heterocycles. The molecule has 0 spiro atoms. The van der Waals surface area contributed by atoms with Gasteiger partial charge in [-0.3, -0.25) is 10.1 Å². The summed E-state index contributed by atoms with van der Waals surface area (Å²) >= 11 is 0. The van der Waals surface area contributed by atoms with E-state index < -0.39 is 16.4 Å². The summed E-state index contributed by atoms with van der Waals surface area (Å²) in [6.07, 6.45) is 0. The van der Waals surface area contributed by atoms with Crippen molar-refractivity contribution < 1.29 is 14.1 Å². The molecule has 0 atom stereocenters. The molecule has 7 nitrogen and oxygen atoms in total. The topological polar surface area (TPSA) is 102 Å². The van der Waals surface area contributed by atoms with Crippen molar-refractivity contribution in [3.8, 4) is 17.8 Å². The molecule has 0 fully saturated rings. The molecule has 1 aromatic heterocycles. The number of nitro groups is 1. The van der Waals surface area contributed by atoms with Crippen molar-refractivity contribution in [1.29, 1.82) is 5.26 Å². The second kappa shape index (κ2) is 5.27. The van der Waals surface area contributed by atoms with Crippen molar-refractivity contribution in [1.82, 2.24) is 9.97 Å². The van der Waals surface area contributed by atoms with Gasteiger partial charge in [-0.25, -0.2) is 9.37 Å². The molecule has 20 heavy (non-hydrogen) atoms. The summed E-state index contributed by atoms with van der Waals surface area (Å²) in [5.41, 5.74) is 0.168. The van der Waals surface area contributed by atoms with Gasteiger partial charge in [-0.05, 0) is 19.1 Å². The Morgan fingerprint density at radius 3 is 2.75 bits per heavy atom. The minimum absolute atomic E-state index is 0.0785. The van der Waals surface area contributed by atoms with E-state index in [4.69, 9.17) is 10.00 Å². The number of benzene rings is 1. The third-order valence-electron chi connectivity index (χ3n) is 2.28. The molecule has 100 valence electrons. The van der Waals surface area contributed by atoms with Gasteiger partial charge >= 0.3 is 6.01 Å². The maximum Gasteiger partial charge on any atom is 0.323 e. The molecule has 0 unspecified atom stereocenters. The summed E-state index contributed by atoms with van der Waals surface area (Å²) in [5.74, 6) is -1.17. The first-order chi connectivity index (χ1) is 9.49. The second-order valence-corrected chi connectivity index (χ2v) is 3.76. The highest BCUT2D eigenvalue weighted by atomic mass is 19.1. The van der Waals surface area contributed by atoms with Crippen LogP contribution in [0.4, 0.5) is 10.1 Å². The molecule has 1 aromatic carbocycles. The SMILES string of the molecule is Cc1cc(C#N)nc(Oc2ccc([N+](=O)[O-])cc2F)n1. The van der Waals surface area contributed by atoms with Gasteiger partial charge in [0.25, 0.3) is 5.69 Å². The van der Waals surface area contributed by atoms with E-state index in [0.717, 1.165) is 18.2 Å². The highest BCUT2D eigenvalue weighted by molar-refractivity contribution is 5.38. The molecule has 8 heteroatoms. The van der Waals surface area contributed by atoms with E-state index in [1.807, 2.05) is 6.07 Å². The average Bonchev–Trinajstić information content (AvgIpc) is 2.40. The summed E-state index contributed by atoms with van der Waals surface area (Å²) < 4.78 is 18.7. The molecule has 0 saturated heterocycles. The van der Waals surface area contributed by atoms with Gasteiger partial charge < -0.3 is 4.74 Å². The van der Waals surface area contributed by atoms with Gasteiger partial charge in [-0.15, -0.1) is 0 Å². The smallest absolute Gasteiger partial charge is 0.323 e. The predicted molar refractivity (Wildman–Crippen MR) is 64.6 cm³/mol. The number of rotatable bonds is 3. The summed E-state index contributed by atoms with van der Waals surface area (Å²) in [6.45, 7) is 1.63. The van der Waals surface area contributed by atoms with Crippen LogP contribution < -0.4 is 4.74 Å². The maximum absolute atomic E-state index is 13.6. The Morgan fingerprint density at radius 1 is 1.40 bits per heavy atom. The number of hydrogen-bond donors (Lipinski definition) is 0. The monoisotopic (exact) mass is 274 g/mol. The van der Waals surface area contributed by atoms with Gasteiger partial charge in [0.2, 0.25) is 0 Å². The third kappa shape index (κ3) is 2.84. The number of nitro benzene ring substituents is 1. The molecule has 0 amide bonds. The van der Waals surface area contributed by atoms with Crippen molar-refractivity contribution in [2.75, 3.05) is 0 Å². The van der Waals surface area contributed by atoms with Crippen LogP contribution in [-0.2, 0) is 0 Å². The van der Waals surface area contributed by atoms with Crippen molar-refractivity contribution >= 4 is 5.69 Å². The van der Waals surface area contributed by atoms with Gasteiger partial charge in [0, 0.05) is 11.8 Å². The fraction of sp³-hybridized carbons (Fsp3) is 0.0833. The quantitative estimate of drug-likeness (QED) is 0.629. The van der Waals surface area contributed by atoms with E-state index in [9.17, 15) is 14.5 Å².